The second kappa shape index (κ2) is 25.1. The zero-order valence-corrected chi connectivity index (χ0v) is 42.4. The molecule has 69 heavy (non-hydrogen) atoms. The maximum Gasteiger partial charge on any atom is 0.338 e. The molecule has 366 valence electrons. The van der Waals surface area contributed by atoms with Gasteiger partial charge in [-0.1, -0.05) is 48.5 Å². The van der Waals surface area contributed by atoms with Crippen LogP contribution in [0.25, 0.3) is 21.8 Å². The molecule has 0 saturated carbocycles. The summed E-state index contributed by atoms with van der Waals surface area (Å²) in [5.74, 6) is 0.577. The number of aryl methyl sites for hydroxylation is 4. The molecule has 0 amide bonds. The number of carbonyl (C=O) groups excluding carboxylic acids is 1. The lowest BCUT2D eigenvalue weighted by molar-refractivity contribution is 0.0595. The molecule has 14 heteroatoms. The zero-order chi connectivity index (χ0) is 48.9. The second-order valence-electron chi connectivity index (χ2n) is 18.3. The van der Waals surface area contributed by atoms with Crippen LogP contribution in [0.5, 0.6) is 0 Å². The first-order valence-electron chi connectivity index (χ1n) is 24.3. The molecule has 8 rings (SSSR count). The number of carboxylic acid groups (broad SMARTS) is 1. The van der Waals surface area contributed by atoms with Crippen LogP contribution in [-0.2, 0) is 17.8 Å². The summed E-state index contributed by atoms with van der Waals surface area (Å²) in [5, 5.41) is 18.9. The Morgan fingerprint density at radius 2 is 1.01 bits per heavy atom. The lowest BCUT2D eigenvalue weighted by atomic mass is 10.1. The first kappa shape index (κ1) is 51.6. The van der Waals surface area contributed by atoms with Crippen molar-refractivity contribution in [2.24, 2.45) is 0 Å². The largest absolute Gasteiger partial charge is 0.478 e. The summed E-state index contributed by atoms with van der Waals surface area (Å²) in [6, 6.07) is 32.0. The average Bonchev–Trinajstić information content (AvgIpc) is 3.34. The topological polar surface area (TPSA) is 138 Å². The highest BCUT2D eigenvalue weighted by Crippen LogP contribution is 2.25. The maximum absolute atomic E-state index is 12.7. The van der Waals surface area contributed by atoms with E-state index < -0.39 is 5.97 Å². The third-order valence-corrected chi connectivity index (χ3v) is 15.6. The SMILES string of the molecule is COC(=O)c1ccccc1SCCNC1CCN(CCn2c(=O)cc(C)c3ccc(C)cc32)CC1.Cc1ccc2c(C)cc(=O)n(CCN3CCC(NCCSc4ccccc4C(=O)O)CC3)c2c1. The third-order valence-electron chi connectivity index (χ3n) is 13.4. The smallest absolute Gasteiger partial charge is 0.338 e. The summed E-state index contributed by atoms with van der Waals surface area (Å²) in [6.45, 7) is 17.2. The highest BCUT2D eigenvalue weighted by atomic mass is 32.2. The van der Waals surface area contributed by atoms with E-state index in [1.54, 1.807) is 47.8 Å². The Hall–Kier alpha value is -5.22. The maximum atomic E-state index is 12.7. The zero-order valence-electron chi connectivity index (χ0n) is 40.8. The van der Waals surface area contributed by atoms with E-state index in [2.05, 4.69) is 70.7 Å². The first-order valence-corrected chi connectivity index (χ1v) is 26.2. The molecule has 12 nitrogen and oxygen atoms in total. The molecule has 0 radical (unpaired) electrons. The number of benzene rings is 4. The number of thioether (sulfide) groups is 2. The van der Waals surface area contributed by atoms with Gasteiger partial charge >= 0.3 is 11.9 Å². The predicted octanol–water partition coefficient (Wildman–Crippen LogP) is 8.41. The van der Waals surface area contributed by atoms with Crippen molar-refractivity contribution in [2.75, 3.05) is 71.0 Å². The molecule has 2 saturated heterocycles. The van der Waals surface area contributed by atoms with E-state index in [1.807, 2.05) is 59.4 Å². The number of likely N-dealkylation sites (tertiary alicyclic amines) is 2. The number of esters is 1. The Bertz CT molecular complexity index is 2830. The van der Waals surface area contributed by atoms with Gasteiger partial charge in [0.05, 0.1) is 29.3 Å². The van der Waals surface area contributed by atoms with Crippen LogP contribution in [0.4, 0.5) is 0 Å². The number of hydrogen-bond donors (Lipinski definition) is 3. The number of aromatic nitrogens is 2. The van der Waals surface area contributed by atoms with Gasteiger partial charge in [-0.3, -0.25) is 9.59 Å². The fourth-order valence-corrected chi connectivity index (χ4v) is 11.3. The van der Waals surface area contributed by atoms with E-state index in [9.17, 15) is 24.3 Å². The van der Waals surface area contributed by atoms with Gasteiger partial charge in [0, 0.05) is 95.6 Å². The molecular formula is C55H68N6O6S2. The number of rotatable bonds is 18. The van der Waals surface area contributed by atoms with Crippen LogP contribution >= 0.6 is 23.5 Å². The Balaban J connectivity index is 0.000000204. The van der Waals surface area contributed by atoms with Crippen molar-refractivity contribution in [3.8, 4) is 0 Å². The van der Waals surface area contributed by atoms with Gasteiger partial charge in [-0.05, 0) is 138 Å². The Kier molecular flexibility index (Phi) is 18.8. The molecule has 0 aliphatic carbocycles. The molecule has 2 aliphatic rings. The minimum atomic E-state index is -0.875. The van der Waals surface area contributed by atoms with E-state index >= 15 is 0 Å². The summed E-state index contributed by atoms with van der Waals surface area (Å²) in [5.41, 5.74) is 7.66. The molecule has 0 unspecified atom stereocenters. The molecule has 0 bridgehead atoms. The summed E-state index contributed by atoms with van der Waals surface area (Å²) in [6.07, 6.45) is 4.37. The van der Waals surface area contributed by atoms with Crippen molar-refractivity contribution in [2.45, 2.75) is 88.3 Å². The van der Waals surface area contributed by atoms with Gasteiger partial charge in [-0.15, -0.1) is 23.5 Å². The van der Waals surface area contributed by atoms with Crippen LogP contribution in [0.1, 0.15) is 68.7 Å². The monoisotopic (exact) mass is 972 g/mol. The number of hydrogen-bond acceptors (Lipinski definition) is 11. The number of ether oxygens (including phenoxy) is 1. The molecule has 2 fully saturated rings. The quantitative estimate of drug-likeness (QED) is 0.0433. The standard InChI is InChI=1S/C28H35N3O3S.C27H33N3O3S/c1-20-8-9-23-21(2)19-27(32)31(25(23)18-20)16-15-30-13-10-22(11-14-30)29-12-17-35-26-7-5-4-6-24(26)28(33)34-3;1-19-7-8-22-20(2)18-26(31)30(24(22)17-19)15-14-29-12-9-21(10-13-29)28-11-16-34-25-6-4-3-5-23(25)27(32)33/h4-9,18-19,22,29H,10-17H2,1-3H3;3-8,17-18,21,28H,9-16H2,1-2H3,(H,32,33). The number of piperidine rings is 2. The molecule has 3 N–H and O–H groups in total. The van der Waals surface area contributed by atoms with Gasteiger partial charge in [0.2, 0.25) is 0 Å². The van der Waals surface area contributed by atoms with Crippen molar-refractivity contribution in [1.29, 1.82) is 0 Å². The fourth-order valence-electron chi connectivity index (χ4n) is 9.47. The summed E-state index contributed by atoms with van der Waals surface area (Å²) >= 11 is 3.27. The van der Waals surface area contributed by atoms with Crippen molar-refractivity contribution in [3.63, 3.8) is 0 Å². The number of aromatic carboxylic acids is 1. The number of carboxylic acids is 1. The number of pyridine rings is 2. The molecule has 4 heterocycles. The third kappa shape index (κ3) is 14.0. The van der Waals surface area contributed by atoms with E-state index in [1.165, 1.54) is 18.2 Å². The predicted molar refractivity (Wildman–Crippen MR) is 283 cm³/mol. The second-order valence-corrected chi connectivity index (χ2v) is 20.6. The van der Waals surface area contributed by atoms with E-state index in [0.717, 1.165) is 132 Å². The highest BCUT2D eigenvalue weighted by Gasteiger charge is 2.21. The molecule has 0 spiro atoms. The Morgan fingerprint density at radius 3 is 1.45 bits per heavy atom. The van der Waals surface area contributed by atoms with Crippen LogP contribution in [0.15, 0.2) is 116 Å². The number of nitrogens with one attached hydrogen (secondary N) is 2. The number of methoxy groups -OCH3 is 1. The van der Waals surface area contributed by atoms with Crippen molar-refractivity contribution in [3.05, 3.63) is 151 Å². The molecule has 4 aromatic carbocycles. The van der Waals surface area contributed by atoms with Gasteiger partial charge in [0.1, 0.15) is 0 Å². The minimum Gasteiger partial charge on any atom is -0.478 e. The summed E-state index contributed by atoms with van der Waals surface area (Å²) < 4.78 is 8.74. The van der Waals surface area contributed by atoms with Crippen LogP contribution in [-0.4, -0.2) is 119 Å². The fraction of sp³-hybridized carbons (Fsp3) is 0.418. The average molecular weight is 973 g/mol. The molecule has 6 aromatic rings. The van der Waals surface area contributed by atoms with Crippen molar-refractivity contribution < 1.29 is 19.4 Å². The van der Waals surface area contributed by atoms with Gasteiger partial charge in [0.15, 0.2) is 0 Å². The van der Waals surface area contributed by atoms with E-state index in [0.29, 0.717) is 36.3 Å². The van der Waals surface area contributed by atoms with E-state index in [-0.39, 0.29) is 17.1 Å². The number of carbonyl (C=O) groups is 2. The Morgan fingerprint density at radius 1 is 0.594 bits per heavy atom. The number of nitrogens with zero attached hydrogens (tertiary/aromatic N) is 4. The summed E-state index contributed by atoms with van der Waals surface area (Å²) in [7, 11) is 1.42. The summed E-state index contributed by atoms with van der Waals surface area (Å²) in [4.78, 5) is 55.4. The first-order chi connectivity index (χ1) is 33.4. The molecule has 0 atom stereocenters. The van der Waals surface area contributed by atoms with Gasteiger partial charge in [-0.2, -0.15) is 0 Å². The van der Waals surface area contributed by atoms with Crippen molar-refractivity contribution >= 4 is 57.3 Å². The van der Waals surface area contributed by atoms with Gasteiger partial charge < -0.3 is 39.4 Å². The number of fused-ring (bicyclic) bond motifs is 2. The van der Waals surface area contributed by atoms with Gasteiger partial charge in [-0.25, -0.2) is 9.59 Å². The van der Waals surface area contributed by atoms with Gasteiger partial charge in [0.25, 0.3) is 11.1 Å². The highest BCUT2D eigenvalue weighted by molar-refractivity contribution is 7.99. The minimum absolute atomic E-state index is 0.0779. The van der Waals surface area contributed by atoms with Crippen molar-refractivity contribution in [1.82, 2.24) is 29.6 Å². The van der Waals surface area contributed by atoms with Crippen LogP contribution in [0.2, 0.25) is 0 Å². The molecule has 2 aliphatic heterocycles. The molecular weight excluding hydrogens is 905 g/mol. The van der Waals surface area contributed by atoms with Crippen LogP contribution in [0.3, 0.4) is 0 Å². The van der Waals surface area contributed by atoms with E-state index in [4.69, 9.17) is 4.74 Å². The van der Waals surface area contributed by atoms with Crippen LogP contribution in [0, 0.1) is 27.7 Å². The lowest BCUT2D eigenvalue weighted by Gasteiger charge is -2.32. The molecule has 2 aromatic heterocycles. The lowest BCUT2D eigenvalue weighted by Crippen LogP contribution is -2.44. The normalized spacial score (nSPS) is 15.0. The van der Waals surface area contributed by atoms with Crippen LogP contribution < -0.4 is 21.8 Å². The Labute approximate surface area is 414 Å².